The van der Waals surface area contributed by atoms with Crippen molar-refractivity contribution >= 4 is 18.8 Å². The van der Waals surface area contributed by atoms with E-state index in [2.05, 4.69) is 0 Å². The van der Waals surface area contributed by atoms with E-state index >= 15 is 0 Å². The Morgan fingerprint density at radius 1 is 1.06 bits per heavy atom. The van der Waals surface area contributed by atoms with Crippen LogP contribution in [0.4, 0.5) is 0 Å². The van der Waals surface area contributed by atoms with Crippen molar-refractivity contribution in [3.63, 3.8) is 0 Å². The molecule has 8 heteroatoms. The molecule has 0 aliphatic heterocycles. The van der Waals surface area contributed by atoms with Crippen LogP contribution in [0.25, 0.3) is 0 Å². The molecule has 0 fully saturated rings. The lowest BCUT2D eigenvalue weighted by atomic mass is 10.2. The molecule has 0 aliphatic carbocycles. The van der Waals surface area contributed by atoms with Crippen molar-refractivity contribution in [3.8, 4) is 0 Å². The molecule has 0 amide bonds. The highest BCUT2D eigenvalue weighted by molar-refractivity contribution is 7.91. The van der Waals surface area contributed by atoms with Gasteiger partial charge in [0, 0.05) is 21.3 Å². The first kappa shape index (κ1) is 15.3. The third-order valence-corrected chi connectivity index (χ3v) is 8.07. The number of hydrogen-bond donors (Lipinski definition) is 1. The maximum Gasteiger partial charge on any atom is 0.525 e. The molecule has 18 heavy (non-hydrogen) atoms. The summed E-state index contributed by atoms with van der Waals surface area (Å²) in [5.74, 6) is 0. The average Bonchev–Trinajstić information content (AvgIpc) is 2.35. The highest BCUT2D eigenvalue weighted by Crippen LogP contribution is 2.32. The molecule has 1 atom stereocenters. The number of hydrogen-bond acceptors (Lipinski definition) is 5. The second kappa shape index (κ2) is 5.91. The molecule has 0 saturated carbocycles. The van der Waals surface area contributed by atoms with E-state index in [1.807, 2.05) is 0 Å². The Morgan fingerprint density at radius 2 is 1.50 bits per heavy atom. The molecular formula is C10H17NO5SSi. The van der Waals surface area contributed by atoms with Crippen molar-refractivity contribution in [2.24, 2.45) is 5.14 Å². The Balaban J connectivity index is 3.40. The van der Waals surface area contributed by atoms with E-state index in [1.165, 1.54) is 21.3 Å². The van der Waals surface area contributed by atoms with E-state index in [0.29, 0.717) is 5.56 Å². The van der Waals surface area contributed by atoms with Crippen molar-refractivity contribution < 1.29 is 21.7 Å². The molecule has 1 aromatic rings. The smallest absolute Gasteiger partial charge is 0.376 e. The van der Waals surface area contributed by atoms with Gasteiger partial charge in [-0.2, -0.15) is 0 Å². The monoisotopic (exact) mass is 291 g/mol. The second-order valence-electron chi connectivity index (χ2n) is 3.60. The van der Waals surface area contributed by atoms with Crippen molar-refractivity contribution in [1.29, 1.82) is 0 Å². The minimum Gasteiger partial charge on any atom is -0.376 e. The van der Waals surface area contributed by atoms with Crippen molar-refractivity contribution in [2.75, 3.05) is 21.3 Å². The summed E-state index contributed by atoms with van der Waals surface area (Å²) in [6, 6.07) is 8.50. The predicted octanol–water partition coefficient (Wildman–Crippen LogP) is 0.434. The normalized spacial score (nSPS) is 14.4. The molecule has 0 saturated heterocycles. The van der Waals surface area contributed by atoms with E-state index in [0.717, 1.165) is 0 Å². The van der Waals surface area contributed by atoms with Gasteiger partial charge in [0.25, 0.3) is 0 Å². The number of rotatable bonds is 6. The summed E-state index contributed by atoms with van der Waals surface area (Å²) in [5.41, 5.74) is 0.484. The lowest BCUT2D eigenvalue weighted by Crippen LogP contribution is -2.53. The van der Waals surface area contributed by atoms with Gasteiger partial charge in [0.05, 0.1) is 0 Å². The maximum atomic E-state index is 11.8. The molecular weight excluding hydrogens is 274 g/mol. The van der Waals surface area contributed by atoms with Crippen LogP contribution in [-0.4, -0.2) is 38.6 Å². The van der Waals surface area contributed by atoms with Gasteiger partial charge in [-0.25, -0.2) is 13.6 Å². The standard InChI is InChI=1S/C10H17NO5SSi/c1-14-18(15-2,16-3)10(17(11,12)13)9-7-5-4-6-8-9/h4-8,10H,1-3H3,(H2,11,12,13). The van der Waals surface area contributed by atoms with Gasteiger partial charge in [-0.3, -0.25) is 0 Å². The maximum absolute atomic E-state index is 11.8. The van der Waals surface area contributed by atoms with Crippen LogP contribution in [0.2, 0.25) is 0 Å². The van der Waals surface area contributed by atoms with E-state index in [9.17, 15) is 8.42 Å². The number of sulfonamides is 1. The van der Waals surface area contributed by atoms with E-state index in [4.69, 9.17) is 18.4 Å². The average molecular weight is 291 g/mol. The number of nitrogens with two attached hydrogens (primary N) is 1. The van der Waals surface area contributed by atoms with Crippen LogP contribution in [0, 0.1) is 0 Å². The first-order valence-corrected chi connectivity index (χ1v) is 8.54. The molecule has 0 spiro atoms. The fourth-order valence-electron chi connectivity index (χ4n) is 1.79. The molecule has 0 aliphatic rings. The lowest BCUT2D eigenvalue weighted by Gasteiger charge is -2.31. The van der Waals surface area contributed by atoms with Crippen LogP contribution < -0.4 is 5.14 Å². The molecule has 0 radical (unpaired) electrons. The van der Waals surface area contributed by atoms with E-state index in [-0.39, 0.29) is 0 Å². The Kier molecular flexibility index (Phi) is 5.02. The van der Waals surface area contributed by atoms with Crippen molar-refractivity contribution in [3.05, 3.63) is 35.9 Å². The van der Waals surface area contributed by atoms with Gasteiger partial charge in [-0.05, 0) is 5.56 Å². The van der Waals surface area contributed by atoms with Crippen LogP contribution in [0.15, 0.2) is 30.3 Å². The first-order valence-electron chi connectivity index (χ1n) is 5.13. The summed E-state index contributed by atoms with van der Waals surface area (Å²) in [6.07, 6.45) is 0. The summed E-state index contributed by atoms with van der Waals surface area (Å²) < 4.78 is 39.3. The van der Waals surface area contributed by atoms with Crippen LogP contribution in [0.1, 0.15) is 10.4 Å². The molecule has 0 heterocycles. The fourth-order valence-corrected chi connectivity index (χ4v) is 6.55. The zero-order chi connectivity index (χ0) is 13.8. The summed E-state index contributed by atoms with van der Waals surface area (Å²) in [5, 5.41) is 5.29. The fraction of sp³-hybridized carbons (Fsp3) is 0.400. The predicted molar refractivity (Wildman–Crippen MR) is 69.1 cm³/mol. The molecule has 6 nitrogen and oxygen atoms in total. The SMILES string of the molecule is CO[Si](OC)(OC)C(c1ccccc1)S(N)(=O)=O. The number of benzene rings is 1. The minimum atomic E-state index is -3.93. The Bertz CT molecular complexity index is 466. The molecule has 2 N–H and O–H groups in total. The molecule has 102 valence electrons. The quantitative estimate of drug-likeness (QED) is 0.768. The van der Waals surface area contributed by atoms with Gasteiger partial charge < -0.3 is 13.3 Å². The summed E-state index contributed by atoms with van der Waals surface area (Å²) in [4.78, 5) is -1.15. The largest absolute Gasteiger partial charge is 0.525 e. The van der Waals surface area contributed by atoms with Gasteiger partial charge in [0.15, 0.2) is 4.87 Å². The number of primary sulfonamides is 1. The minimum absolute atomic E-state index is 0.484. The topological polar surface area (TPSA) is 87.8 Å². The van der Waals surface area contributed by atoms with Gasteiger partial charge >= 0.3 is 8.80 Å². The van der Waals surface area contributed by atoms with Gasteiger partial charge in [0.2, 0.25) is 10.0 Å². The van der Waals surface area contributed by atoms with Crippen LogP contribution >= 0.6 is 0 Å². The highest BCUT2D eigenvalue weighted by atomic mass is 32.2. The molecule has 0 bridgehead atoms. The van der Waals surface area contributed by atoms with Crippen LogP contribution in [-0.2, 0) is 23.3 Å². The van der Waals surface area contributed by atoms with E-state index in [1.54, 1.807) is 30.3 Å². The third kappa shape index (κ3) is 2.97. The summed E-state index contributed by atoms with van der Waals surface area (Å²) >= 11 is 0. The van der Waals surface area contributed by atoms with Crippen molar-refractivity contribution in [2.45, 2.75) is 4.87 Å². The Morgan fingerprint density at radius 3 is 1.83 bits per heavy atom. The summed E-state index contributed by atoms with van der Waals surface area (Å²) in [7, 11) is -3.32. The highest BCUT2D eigenvalue weighted by Gasteiger charge is 2.54. The molecule has 1 unspecified atom stereocenters. The lowest BCUT2D eigenvalue weighted by molar-refractivity contribution is 0.120. The van der Waals surface area contributed by atoms with Gasteiger partial charge in [0.1, 0.15) is 0 Å². The van der Waals surface area contributed by atoms with Crippen LogP contribution in [0.5, 0.6) is 0 Å². The third-order valence-electron chi connectivity index (χ3n) is 2.61. The first-order chi connectivity index (χ1) is 8.41. The summed E-state index contributed by atoms with van der Waals surface area (Å²) in [6.45, 7) is 0. The van der Waals surface area contributed by atoms with E-state index < -0.39 is 23.7 Å². The molecule has 0 aromatic heterocycles. The zero-order valence-corrected chi connectivity index (χ0v) is 12.3. The van der Waals surface area contributed by atoms with Crippen molar-refractivity contribution in [1.82, 2.24) is 0 Å². The van der Waals surface area contributed by atoms with Crippen LogP contribution in [0.3, 0.4) is 0 Å². The Labute approximate surface area is 108 Å². The molecule has 1 rings (SSSR count). The second-order valence-corrected chi connectivity index (χ2v) is 8.67. The Hall–Kier alpha value is -0.773. The molecule has 1 aromatic carbocycles. The van der Waals surface area contributed by atoms with Gasteiger partial charge in [-0.15, -0.1) is 0 Å². The zero-order valence-electron chi connectivity index (χ0n) is 10.5. The van der Waals surface area contributed by atoms with Gasteiger partial charge in [-0.1, -0.05) is 30.3 Å².